The van der Waals surface area contributed by atoms with Crippen LogP contribution >= 0.6 is 0 Å². The van der Waals surface area contributed by atoms with Crippen LogP contribution < -0.4 is 5.32 Å². The van der Waals surface area contributed by atoms with Crippen molar-refractivity contribution < 1.29 is 27.2 Å². The second-order valence-corrected chi connectivity index (χ2v) is 5.60. The molecule has 0 aliphatic heterocycles. The van der Waals surface area contributed by atoms with Crippen LogP contribution in [0, 0.1) is 5.82 Å². The molecule has 0 aliphatic carbocycles. The molecule has 26 heavy (non-hydrogen) atoms. The zero-order valence-electron chi connectivity index (χ0n) is 13.9. The van der Waals surface area contributed by atoms with Crippen molar-refractivity contribution in [3.63, 3.8) is 0 Å². The Kier molecular flexibility index (Phi) is 6.07. The van der Waals surface area contributed by atoms with E-state index in [2.05, 4.69) is 10.3 Å². The Morgan fingerprint density at radius 3 is 2.54 bits per heavy atom. The summed E-state index contributed by atoms with van der Waals surface area (Å²) in [5, 5.41) is 2.47. The molecule has 1 heterocycles. The minimum atomic E-state index is -4.81. The van der Waals surface area contributed by atoms with Gasteiger partial charge in [0.15, 0.2) is 0 Å². The molecule has 1 N–H and O–H groups in total. The topological polar surface area (TPSA) is 59.1 Å². The van der Waals surface area contributed by atoms with Crippen molar-refractivity contribution in [2.24, 2.45) is 0 Å². The first kappa shape index (κ1) is 19.6. The molecule has 2 aromatic rings. The van der Waals surface area contributed by atoms with Gasteiger partial charge in [-0.1, -0.05) is 13.0 Å². The zero-order chi connectivity index (χ0) is 19.3. The average molecular weight is 368 g/mol. The third kappa shape index (κ3) is 5.11. The molecule has 0 spiro atoms. The van der Waals surface area contributed by atoms with Crippen molar-refractivity contribution in [3.8, 4) is 0 Å². The fourth-order valence-electron chi connectivity index (χ4n) is 2.23. The third-order valence-corrected chi connectivity index (χ3v) is 3.64. The van der Waals surface area contributed by atoms with Gasteiger partial charge in [0.1, 0.15) is 11.6 Å². The summed E-state index contributed by atoms with van der Waals surface area (Å²) in [5.74, 6) is -1.93. The minimum absolute atomic E-state index is 0.0268. The molecule has 4 nitrogen and oxygen atoms in total. The van der Waals surface area contributed by atoms with E-state index in [1.54, 1.807) is 6.92 Å². The zero-order valence-corrected chi connectivity index (χ0v) is 13.9. The number of ketones is 1. The molecule has 0 bridgehead atoms. The van der Waals surface area contributed by atoms with E-state index in [4.69, 9.17) is 0 Å². The maximum absolute atomic E-state index is 13.3. The number of nitrogens with one attached hydrogen (secondary N) is 1. The van der Waals surface area contributed by atoms with Gasteiger partial charge in [-0.25, -0.2) is 4.39 Å². The number of halogens is 4. The van der Waals surface area contributed by atoms with Crippen molar-refractivity contribution in [2.75, 3.05) is 0 Å². The fraction of sp³-hybridized carbons (Fsp3) is 0.278. The number of carbonyl (C=O) groups excluding carboxylic acids is 2. The van der Waals surface area contributed by atoms with Crippen LogP contribution in [-0.4, -0.2) is 16.7 Å². The van der Waals surface area contributed by atoms with Gasteiger partial charge in [0, 0.05) is 36.8 Å². The second-order valence-electron chi connectivity index (χ2n) is 5.60. The summed E-state index contributed by atoms with van der Waals surface area (Å²) in [6.07, 6.45) is -2.97. The van der Waals surface area contributed by atoms with Crippen LogP contribution in [0.5, 0.6) is 0 Å². The first-order valence-corrected chi connectivity index (χ1v) is 7.81. The highest BCUT2D eigenvalue weighted by molar-refractivity contribution is 5.94. The summed E-state index contributed by atoms with van der Waals surface area (Å²) in [7, 11) is 0. The molecule has 1 aromatic heterocycles. The Morgan fingerprint density at radius 1 is 1.15 bits per heavy atom. The van der Waals surface area contributed by atoms with Gasteiger partial charge in [-0.2, -0.15) is 13.2 Å². The lowest BCUT2D eigenvalue weighted by Crippen LogP contribution is -2.23. The average Bonchev–Trinajstić information content (AvgIpc) is 2.59. The molecule has 0 fully saturated rings. The van der Waals surface area contributed by atoms with E-state index >= 15 is 0 Å². The van der Waals surface area contributed by atoms with Crippen molar-refractivity contribution in [1.29, 1.82) is 0 Å². The fourth-order valence-corrected chi connectivity index (χ4v) is 2.23. The van der Waals surface area contributed by atoms with Gasteiger partial charge in [-0.15, -0.1) is 0 Å². The predicted octanol–water partition coefficient (Wildman–Crippen LogP) is 3.69. The number of amides is 1. The summed E-state index contributed by atoms with van der Waals surface area (Å²) in [6, 6.07) is 5.43. The SMILES string of the molecule is CCC(=O)Cc1cc(C(=O)NCc2ccc(F)c(C(F)(F)F)c2)ccn1. The van der Waals surface area contributed by atoms with Crippen LogP contribution in [0.4, 0.5) is 17.6 Å². The molecular weight excluding hydrogens is 352 g/mol. The maximum atomic E-state index is 13.3. The summed E-state index contributed by atoms with van der Waals surface area (Å²) < 4.78 is 51.4. The number of rotatable bonds is 6. The number of Topliss-reactive ketones (excluding diaryl/α,β-unsaturated/α-hetero) is 1. The van der Waals surface area contributed by atoms with E-state index < -0.39 is 23.5 Å². The molecule has 0 unspecified atom stereocenters. The first-order valence-electron chi connectivity index (χ1n) is 7.81. The second kappa shape index (κ2) is 8.07. The van der Waals surface area contributed by atoms with E-state index in [0.717, 1.165) is 0 Å². The Hall–Kier alpha value is -2.77. The number of hydrogen-bond acceptors (Lipinski definition) is 3. The molecule has 1 aromatic carbocycles. The number of hydrogen-bond donors (Lipinski definition) is 1. The monoisotopic (exact) mass is 368 g/mol. The molecule has 2 rings (SSSR count). The maximum Gasteiger partial charge on any atom is 0.419 e. The molecular formula is C18H16F4N2O2. The third-order valence-electron chi connectivity index (χ3n) is 3.64. The lowest BCUT2D eigenvalue weighted by Gasteiger charge is -2.11. The summed E-state index contributed by atoms with van der Waals surface area (Å²) >= 11 is 0. The van der Waals surface area contributed by atoms with Gasteiger partial charge >= 0.3 is 6.18 Å². The van der Waals surface area contributed by atoms with Crippen LogP contribution in [0.25, 0.3) is 0 Å². The predicted molar refractivity (Wildman–Crippen MR) is 85.8 cm³/mol. The molecule has 138 valence electrons. The van der Waals surface area contributed by atoms with Crippen LogP contribution in [0.3, 0.4) is 0 Å². The highest BCUT2D eigenvalue weighted by atomic mass is 19.4. The molecule has 0 aliphatic rings. The van der Waals surface area contributed by atoms with Crippen molar-refractivity contribution in [3.05, 3.63) is 64.7 Å². The largest absolute Gasteiger partial charge is 0.419 e. The van der Waals surface area contributed by atoms with E-state index in [9.17, 15) is 27.2 Å². The van der Waals surface area contributed by atoms with Gasteiger partial charge in [-0.3, -0.25) is 14.6 Å². The summed E-state index contributed by atoms with van der Waals surface area (Å²) in [5.41, 5.74) is -0.598. The van der Waals surface area contributed by atoms with E-state index in [1.165, 1.54) is 24.4 Å². The van der Waals surface area contributed by atoms with Gasteiger partial charge in [0.05, 0.1) is 5.56 Å². The van der Waals surface area contributed by atoms with Gasteiger partial charge in [0.2, 0.25) is 0 Å². The smallest absolute Gasteiger partial charge is 0.348 e. The van der Waals surface area contributed by atoms with Gasteiger partial charge in [0.25, 0.3) is 5.91 Å². The lowest BCUT2D eigenvalue weighted by molar-refractivity contribution is -0.140. The number of alkyl halides is 3. The number of benzene rings is 1. The normalized spacial score (nSPS) is 11.3. The van der Waals surface area contributed by atoms with E-state index in [1.807, 2.05) is 0 Å². The summed E-state index contributed by atoms with van der Waals surface area (Å²) in [4.78, 5) is 27.6. The van der Waals surface area contributed by atoms with Crippen LogP contribution in [-0.2, 0) is 23.9 Å². The standard InChI is InChI=1S/C18H16F4N2O2/c1-2-14(25)9-13-8-12(5-6-23-13)17(26)24-10-11-3-4-16(19)15(7-11)18(20,21)22/h3-8H,2,9-10H2,1H3,(H,24,26). The van der Waals surface area contributed by atoms with Crippen LogP contribution in [0.1, 0.15) is 40.5 Å². The Morgan fingerprint density at radius 2 is 1.88 bits per heavy atom. The highest BCUT2D eigenvalue weighted by Crippen LogP contribution is 2.31. The van der Waals surface area contributed by atoms with Gasteiger partial charge < -0.3 is 5.32 Å². The summed E-state index contributed by atoms with van der Waals surface area (Å²) in [6.45, 7) is 1.52. The lowest BCUT2D eigenvalue weighted by atomic mass is 10.1. The van der Waals surface area contributed by atoms with Crippen molar-refractivity contribution in [1.82, 2.24) is 10.3 Å². The van der Waals surface area contributed by atoms with E-state index in [0.29, 0.717) is 24.2 Å². The number of aromatic nitrogens is 1. The Balaban J connectivity index is 2.07. The van der Waals surface area contributed by atoms with Crippen LogP contribution in [0.15, 0.2) is 36.5 Å². The van der Waals surface area contributed by atoms with Gasteiger partial charge in [-0.05, 0) is 29.8 Å². The molecule has 8 heteroatoms. The quantitative estimate of drug-likeness (QED) is 0.791. The number of carbonyl (C=O) groups is 2. The molecule has 1 amide bonds. The molecule has 0 radical (unpaired) electrons. The molecule has 0 saturated carbocycles. The first-order chi connectivity index (χ1) is 12.2. The van der Waals surface area contributed by atoms with E-state index in [-0.39, 0.29) is 29.9 Å². The van der Waals surface area contributed by atoms with Crippen LogP contribution in [0.2, 0.25) is 0 Å². The highest BCUT2D eigenvalue weighted by Gasteiger charge is 2.34. The molecule has 0 atom stereocenters. The molecule has 0 saturated heterocycles. The van der Waals surface area contributed by atoms with Crippen molar-refractivity contribution >= 4 is 11.7 Å². The minimum Gasteiger partial charge on any atom is -0.348 e. The number of nitrogens with zero attached hydrogens (tertiary/aromatic N) is 1. The number of pyridine rings is 1. The Labute approximate surface area is 147 Å². The van der Waals surface area contributed by atoms with Crippen molar-refractivity contribution in [2.45, 2.75) is 32.5 Å². The Bertz CT molecular complexity index is 819.